The molecule has 0 atom stereocenters. The largest absolute Gasteiger partial charge is 0.493 e. The second kappa shape index (κ2) is 11.4. The SMILES string of the molecule is COc1cc(/C=N/NC(=O)CSc2nc(C)cc(C)n2)ccc1OCCC(C)C. The number of hydrazone groups is 1. The second-order valence-corrected chi connectivity index (χ2v) is 7.90. The van der Waals surface area contributed by atoms with Crippen LogP contribution in [0, 0.1) is 19.8 Å². The van der Waals surface area contributed by atoms with Crippen LogP contribution in [-0.4, -0.2) is 41.6 Å². The fourth-order valence-electron chi connectivity index (χ4n) is 2.39. The zero-order chi connectivity index (χ0) is 21.2. The van der Waals surface area contributed by atoms with E-state index in [0.717, 1.165) is 23.4 Å². The molecular formula is C21H28N4O3S. The van der Waals surface area contributed by atoms with Crippen LogP contribution in [0.15, 0.2) is 34.5 Å². The third kappa shape index (κ3) is 8.11. The Balaban J connectivity index is 1.86. The minimum Gasteiger partial charge on any atom is -0.493 e. The molecule has 0 saturated carbocycles. The van der Waals surface area contributed by atoms with Gasteiger partial charge in [-0.25, -0.2) is 15.4 Å². The number of hydrogen-bond acceptors (Lipinski definition) is 7. The van der Waals surface area contributed by atoms with Crippen LogP contribution in [0.4, 0.5) is 0 Å². The molecule has 0 aliphatic rings. The van der Waals surface area contributed by atoms with E-state index < -0.39 is 0 Å². The molecule has 0 aliphatic carbocycles. The Morgan fingerprint density at radius 2 is 1.93 bits per heavy atom. The van der Waals surface area contributed by atoms with Crippen LogP contribution in [0.5, 0.6) is 11.5 Å². The first-order valence-electron chi connectivity index (χ1n) is 9.45. The number of nitrogens with one attached hydrogen (secondary N) is 1. The standard InChI is InChI=1S/C21H28N4O3S/c1-14(2)8-9-28-18-7-6-17(11-19(18)27-5)12-22-25-20(26)13-29-21-23-15(3)10-16(4)24-21/h6-7,10-12,14H,8-9,13H2,1-5H3,(H,25,26)/b22-12+. The summed E-state index contributed by atoms with van der Waals surface area (Å²) < 4.78 is 11.2. The lowest BCUT2D eigenvalue weighted by atomic mass is 10.1. The van der Waals surface area contributed by atoms with Crippen molar-refractivity contribution in [2.24, 2.45) is 11.0 Å². The first-order valence-corrected chi connectivity index (χ1v) is 10.4. The van der Waals surface area contributed by atoms with Gasteiger partial charge in [-0.2, -0.15) is 5.10 Å². The van der Waals surface area contributed by atoms with Gasteiger partial charge in [0.15, 0.2) is 16.7 Å². The Hall–Kier alpha value is -2.61. The molecule has 156 valence electrons. The van der Waals surface area contributed by atoms with Crippen molar-refractivity contribution in [1.29, 1.82) is 0 Å². The number of benzene rings is 1. The molecule has 1 amide bonds. The average Bonchev–Trinajstić information content (AvgIpc) is 2.66. The molecule has 0 aliphatic heterocycles. The van der Waals surface area contributed by atoms with Gasteiger partial charge in [-0.3, -0.25) is 4.79 Å². The number of aryl methyl sites for hydroxylation is 2. The summed E-state index contributed by atoms with van der Waals surface area (Å²) in [6, 6.07) is 7.42. The number of methoxy groups -OCH3 is 1. The van der Waals surface area contributed by atoms with Gasteiger partial charge in [0.1, 0.15) is 0 Å². The summed E-state index contributed by atoms with van der Waals surface area (Å²) in [6.07, 6.45) is 2.54. The van der Waals surface area contributed by atoms with Crippen LogP contribution in [0.25, 0.3) is 0 Å². The molecule has 0 radical (unpaired) electrons. The van der Waals surface area contributed by atoms with E-state index in [0.29, 0.717) is 29.2 Å². The predicted molar refractivity (Wildman–Crippen MR) is 116 cm³/mol. The monoisotopic (exact) mass is 416 g/mol. The minimum absolute atomic E-state index is 0.187. The van der Waals surface area contributed by atoms with Crippen molar-refractivity contribution >= 4 is 23.9 Å². The van der Waals surface area contributed by atoms with E-state index in [2.05, 4.69) is 34.3 Å². The first-order chi connectivity index (χ1) is 13.9. The van der Waals surface area contributed by atoms with Gasteiger partial charge >= 0.3 is 0 Å². The summed E-state index contributed by atoms with van der Waals surface area (Å²) >= 11 is 1.28. The molecule has 1 N–H and O–H groups in total. The average molecular weight is 417 g/mol. The van der Waals surface area contributed by atoms with Gasteiger partial charge in [-0.1, -0.05) is 25.6 Å². The van der Waals surface area contributed by atoms with E-state index in [4.69, 9.17) is 9.47 Å². The molecule has 8 heteroatoms. The van der Waals surface area contributed by atoms with Crippen LogP contribution in [0.2, 0.25) is 0 Å². The highest BCUT2D eigenvalue weighted by molar-refractivity contribution is 7.99. The third-order valence-corrected chi connectivity index (χ3v) is 4.68. The van der Waals surface area contributed by atoms with Gasteiger partial charge in [0, 0.05) is 11.4 Å². The minimum atomic E-state index is -0.227. The molecule has 0 spiro atoms. The molecule has 2 rings (SSSR count). The number of nitrogens with zero attached hydrogens (tertiary/aromatic N) is 3. The molecule has 0 bridgehead atoms. The van der Waals surface area contributed by atoms with Crippen molar-refractivity contribution in [2.45, 2.75) is 39.3 Å². The molecule has 1 heterocycles. The van der Waals surface area contributed by atoms with Crippen LogP contribution in [0.1, 0.15) is 37.2 Å². The highest BCUT2D eigenvalue weighted by Gasteiger charge is 2.07. The Kier molecular flexibility index (Phi) is 8.92. The quantitative estimate of drug-likeness (QED) is 0.275. The topological polar surface area (TPSA) is 85.7 Å². The zero-order valence-electron chi connectivity index (χ0n) is 17.6. The number of amides is 1. The Bertz CT molecular complexity index is 836. The van der Waals surface area contributed by atoms with Crippen molar-refractivity contribution in [3.8, 4) is 11.5 Å². The lowest BCUT2D eigenvalue weighted by Crippen LogP contribution is -2.19. The Morgan fingerprint density at radius 1 is 1.21 bits per heavy atom. The number of hydrogen-bond donors (Lipinski definition) is 1. The molecule has 0 unspecified atom stereocenters. The fourth-order valence-corrected chi connectivity index (χ4v) is 3.13. The lowest BCUT2D eigenvalue weighted by Gasteiger charge is -2.12. The van der Waals surface area contributed by atoms with Gasteiger partial charge in [-0.05, 0) is 56.0 Å². The molecule has 0 fully saturated rings. The molecule has 2 aromatic rings. The molecule has 1 aromatic carbocycles. The van der Waals surface area contributed by atoms with Crippen molar-refractivity contribution in [3.05, 3.63) is 41.2 Å². The molecular weight excluding hydrogens is 388 g/mol. The summed E-state index contributed by atoms with van der Waals surface area (Å²) in [4.78, 5) is 20.6. The number of thioether (sulfide) groups is 1. The number of rotatable bonds is 10. The number of carbonyl (C=O) groups excluding carboxylic acids is 1. The van der Waals surface area contributed by atoms with E-state index >= 15 is 0 Å². The maximum atomic E-state index is 12.0. The molecule has 7 nitrogen and oxygen atoms in total. The Labute approximate surface area is 176 Å². The van der Waals surface area contributed by atoms with Crippen LogP contribution < -0.4 is 14.9 Å². The van der Waals surface area contributed by atoms with E-state index in [1.54, 1.807) is 13.3 Å². The van der Waals surface area contributed by atoms with Crippen molar-refractivity contribution in [3.63, 3.8) is 0 Å². The molecule has 0 saturated heterocycles. The van der Waals surface area contributed by atoms with Crippen LogP contribution >= 0.6 is 11.8 Å². The fraction of sp³-hybridized carbons (Fsp3) is 0.429. The van der Waals surface area contributed by atoms with Gasteiger partial charge in [0.05, 0.1) is 25.7 Å². The lowest BCUT2D eigenvalue weighted by molar-refractivity contribution is -0.118. The van der Waals surface area contributed by atoms with E-state index in [-0.39, 0.29) is 11.7 Å². The summed E-state index contributed by atoms with van der Waals surface area (Å²) in [5.41, 5.74) is 5.06. The normalized spacial score (nSPS) is 11.1. The van der Waals surface area contributed by atoms with Gasteiger partial charge < -0.3 is 9.47 Å². The van der Waals surface area contributed by atoms with Gasteiger partial charge in [0.2, 0.25) is 0 Å². The highest BCUT2D eigenvalue weighted by atomic mass is 32.2. The van der Waals surface area contributed by atoms with E-state index in [1.807, 2.05) is 38.1 Å². The van der Waals surface area contributed by atoms with Crippen LogP contribution in [0.3, 0.4) is 0 Å². The second-order valence-electron chi connectivity index (χ2n) is 6.96. The first kappa shape index (κ1) is 22.7. The summed E-state index contributed by atoms with van der Waals surface area (Å²) in [5.74, 6) is 1.86. The molecule has 29 heavy (non-hydrogen) atoms. The maximum Gasteiger partial charge on any atom is 0.250 e. The van der Waals surface area contributed by atoms with Crippen molar-refractivity contribution in [1.82, 2.24) is 15.4 Å². The Morgan fingerprint density at radius 3 is 2.59 bits per heavy atom. The van der Waals surface area contributed by atoms with Gasteiger partial charge in [-0.15, -0.1) is 0 Å². The third-order valence-electron chi connectivity index (χ3n) is 3.84. The van der Waals surface area contributed by atoms with E-state index in [9.17, 15) is 4.79 Å². The van der Waals surface area contributed by atoms with Crippen LogP contribution in [-0.2, 0) is 4.79 Å². The van der Waals surface area contributed by atoms with E-state index in [1.165, 1.54) is 11.8 Å². The highest BCUT2D eigenvalue weighted by Crippen LogP contribution is 2.27. The van der Waals surface area contributed by atoms with Crippen molar-refractivity contribution in [2.75, 3.05) is 19.5 Å². The molecule has 1 aromatic heterocycles. The zero-order valence-corrected chi connectivity index (χ0v) is 18.4. The summed E-state index contributed by atoms with van der Waals surface area (Å²) in [5, 5.41) is 4.59. The summed E-state index contributed by atoms with van der Waals surface area (Å²) in [7, 11) is 1.60. The van der Waals surface area contributed by atoms with Crippen molar-refractivity contribution < 1.29 is 14.3 Å². The maximum absolute atomic E-state index is 12.0. The smallest absolute Gasteiger partial charge is 0.250 e. The number of aromatic nitrogens is 2. The number of ether oxygens (including phenoxy) is 2. The summed E-state index contributed by atoms with van der Waals surface area (Å²) in [6.45, 7) is 8.75. The van der Waals surface area contributed by atoms with Gasteiger partial charge in [0.25, 0.3) is 5.91 Å². The number of carbonyl (C=O) groups is 1. The predicted octanol–water partition coefficient (Wildman–Crippen LogP) is 3.77.